The van der Waals surface area contributed by atoms with E-state index in [2.05, 4.69) is 20.5 Å². The van der Waals surface area contributed by atoms with Gasteiger partial charge in [0, 0.05) is 18.9 Å². The second-order valence-electron chi connectivity index (χ2n) is 3.22. The van der Waals surface area contributed by atoms with Crippen LogP contribution in [0.4, 0.5) is 5.82 Å². The first kappa shape index (κ1) is 10.2. The van der Waals surface area contributed by atoms with Crippen molar-refractivity contribution in [1.82, 2.24) is 19.6 Å². The number of hydrogen-bond acceptors (Lipinski definition) is 4. The number of rotatable bonds is 4. The Morgan fingerprint density at radius 2 is 2.47 bits per heavy atom. The predicted octanol–water partition coefficient (Wildman–Crippen LogP) is 1.55. The van der Waals surface area contributed by atoms with Crippen LogP contribution in [0.3, 0.4) is 0 Å². The van der Waals surface area contributed by atoms with Crippen molar-refractivity contribution >= 4 is 23.1 Å². The van der Waals surface area contributed by atoms with Crippen LogP contribution in [0, 0.1) is 0 Å². The average molecular weight is 226 g/mol. The van der Waals surface area contributed by atoms with Crippen LogP contribution < -0.4 is 5.32 Å². The SMILES string of the molecule is CCC(Cl)CNc1nccn2cnnc12. The van der Waals surface area contributed by atoms with Gasteiger partial charge < -0.3 is 5.32 Å². The molecule has 0 aliphatic heterocycles. The normalized spacial score (nSPS) is 12.9. The number of nitrogens with zero attached hydrogens (tertiary/aromatic N) is 4. The zero-order valence-corrected chi connectivity index (χ0v) is 9.15. The molecular weight excluding hydrogens is 214 g/mol. The van der Waals surface area contributed by atoms with Gasteiger partial charge in [-0.05, 0) is 6.42 Å². The molecule has 0 aliphatic carbocycles. The molecule has 1 atom stereocenters. The number of nitrogens with one attached hydrogen (secondary N) is 1. The van der Waals surface area contributed by atoms with Gasteiger partial charge in [0.1, 0.15) is 6.33 Å². The fourth-order valence-electron chi connectivity index (χ4n) is 1.24. The van der Waals surface area contributed by atoms with Gasteiger partial charge in [0.05, 0.1) is 5.38 Å². The number of anilines is 1. The summed E-state index contributed by atoms with van der Waals surface area (Å²) in [6.45, 7) is 2.72. The second kappa shape index (κ2) is 4.44. The van der Waals surface area contributed by atoms with Gasteiger partial charge in [0.25, 0.3) is 0 Å². The molecule has 5 nitrogen and oxygen atoms in total. The van der Waals surface area contributed by atoms with Crippen molar-refractivity contribution in [3.05, 3.63) is 18.7 Å². The van der Waals surface area contributed by atoms with E-state index >= 15 is 0 Å². The lowest BCUT2D eigenvalue weighted by molar-refractivity contribution is 0.840. The number of hydrogen-bond donors (Lipinski definition) is 1. The highest BCUT2D eigenvalue weighted by atomic mass is 35.5. The summed E-state index contributed by atoms with van der Waals surface area (Å²) in [4.78, 5) is 4.19. The molecule has 1 unspecified atom stereocenters. The van der Waals surface area contributed by atoms with Gasteiger partial charge in [0.2, 0.25) is 5.65 Å². The van der Waals surface area contributed by atoms with Crippen molar-refractivity contribution in [2.75, 3.05) is 11.9 Å². The first-order valence-corrected chi connectivity index (χ1v) is 5.27. The summed E-state index contributed by atoms with van der Waals surface area (Å²) in [7, 11) is 0. The first-order valence-electron chi connectivity index (χ1n) is 4.83. The molecule has 0 saturated carbocycles. The largest absolute Gasteiger partial charge is 0.365 e. The fourth-order valence-corrected chi connectivity index (χ4v) is 1.31. The van der Waals surface area contributed by atoms with Gasteiger partial charge in [-0.2, -0.15) is 0 Å². The highest BCUT2D eigenvalue weighted by molar-refractivity contribution is 6.20. The van der Waals surface area contributed by atoms with Gasteiger partial charge >= 0.3 is 0 Å². The molecule has 0 aliphatic rings. The molecule has 6 heteroatoms. The third kappa shape index (κ3) is 2.18. The summed E-state index contributed by atoms with van der Waals surface area (Å²) in [6, 6.07) is 0. The summed E-state index contributed by atoms with van der Waals surface area (Å²) < 4.78 is 1.81. The average Bonchev–Trinajstić information content (AvgIpc) is 2.74. The van der Waals surface area contributed by atoms with Crippen LogP contribution in [0.25, 0.3) is 5.65 Å². The van der Waals surface area contributed by atoms with Crippen molar-refractivity contribution < 1.29 is 0 Å². The highest BCUT2D eigenvalue weighted by Gasteiger charge is 2.06. The third-order valence-electron chi connectivity index (χ3n) is 2.15. The van der Waals surface area contributed by atoms with E-state index in [9.17, 15) is 0 Å². The Morgan fingerprint density at radius 3 is 3.27 bits per heavy atom. The number of fused-ring (bicyclic) bond motifs is 1. The summed E-state index contributed by atoms with van der Waals surface area (Å²) >= 11 is 6.01. The maximum absolute atomic E-state index is 6.01. The molecule has 2 heterocycles. The molecule has 80 valence electrons. The maximum atomic E-state index is 6.01. The summed E-state index contributed by atoms with van der Waals surface area (Å²) in [5.41, 5.74) is 0.720. The van der Waals surface area contributed by atoms with E-state index in [1.54, 1.807) is 18.7 Å². The molecule has 2 rings (SSSR count). The van der Waals surface area contributed by atoms with E-state index in [1.807, 2.05) is 11.3 Å². The zero-order chi connectivity index (χ0) is 10.7. The van der Waals surface area contributed by atoms with Gasteiger partial charge in [0.15, 0.2) is 5.82 Å². The molecule has 2 aromatic rings. The van der Waals surface area contributed by atoms with Crippen molar-refractivity contribution in [1.29, 1.82) is 0 Å². The Labute approximate surface area is 92.5 Å². The van der Waals surface area contributed by atoms with Crippen LogP contribution in [0.1, 0.15) is 13.3 Å². The molecule has 1 N–H and O–H groups in total. The van der Waals surface area contributed by atoms with Crippen molar-refractivity contribution in [3.8, 4) is 0 Å². The summed E-state index contributed by atoms with van der Waals surface area (Å²) in [5.74, 6) is 0.717. The Morgan fingerprint density at radius 1 is 1.60 bits per heavy atom. The molecule has 0 amide bonds. The van der Waals surface area contributed by atoms with Gasteiger partial charge in [-0.3, -0.25) is 4.40 Å². The minimum absolute atomic E-state index is 0.106. The van der Waals surface area contributed by atoms with E-state index in [0.717, 1.165) is 12.1 Å². The van der Waals surface area contributed by atoms with Crippen LogP contribution in [0.15, 0.2) is 18.7 Å². The number of halogens is 1. The number of aromatic nitrogens is 4. The van der Waals surface area contributed by atoms with Crippen molar-refractivity contribution in [3.63, 3.8) is 0 Å². The van der Waals surface area contributed by atoms with Crippen LogP contribution in [0.2, 0.25) is 0 Å². The third-order valence-corrected chi connectivity index (χ3v) is 2.61. The van der Waals surface area contributed by atoms with Gasteiger partial charge in [-0.25, -0.2) is 4.98 Å². The standard InChI is InChI=1S/C9H12ClN5/c1-2-7(10)5-12-8-9-14-13-6-15(9)4-3-11-8/h3-4,6-7H,2,5H2,1H3,(H,11,12). The maximum Gasteiger partial charge on any atom is 0.203 e. The fraction of sp³-hybridized carbons (Fsp3) is 0.444. The Kier molecular flexibility index (Phi) is 3.01. The minimum atomic E-state index is 0.106. The second-order valence-corrected chi connectivity index (χ2v) is 3.84. The van der Waals surface area contributed by atoms with Gasteiger partial charge in [-0.1, -0.05) is 6.92 Å². The minimum Gasteiger partial charge on any atom is -0.365 e. The quantitative estimate of drug-likeness (QED) is 0.803. The molecular formula is C9H12ClN5. The first-order chi connectivity index (χ1) is 7.31. The Bertz CT molecular complexity index is 441. The predicted molar refractivity (Wildman–Crippen MR) is 59.2 cm³/mol. The summed E-state index contributed by atoms with van der Waals surface area (Å²) in [6.07, 6.45) is 6.07. The Hall–Kier alpha value is -1.36. The van der Waals surface area contributed by atoms with Crippen LogP contribution >= 0.6 is 11.6 Å². The lowest BCUT2D eigenvalue weighted by atomic mass is 10.3. The van der Waals surface area contributed by atoms with E-state index in [-0.39, 0.29) is 5.38 Å². The molecule has 0 fully saturated rings. The molecule has 0 aromatic carbocycles. The number of alkyl halides is 1. The molecule has 15 heavy (non-hydrogen) atoms. The van der Waals surface area contributed by atoms with E-state index in [4.69, 9.17) is 11.6 Å². The van der Waals surface area contributed by atoms with Gasteiger partial charge in [-0.15, -0.1) is 21.8 Å². The molecule has 0 saturated heterocycles. The van der Waals surface area contributed by atoms with E-state index in [1.165, 1.54) is 0 Å². The molecule has 0 spiro atoms. The van der Waals surface area contributed by atoms with E-state index < -0.39 is 0 Å². The van der Waals surface area contributed by atoms with Crippen molar-refractivity contribution in [2.24, 2.45) is 0 Å². The highest BCUT2D eigenvalue weighted by Crippen LogP contribution is 2.10. The van der Waals surface area contributed by atoms with Crippen LogP contribution in [0.5, 0.6) is 0 Å². The van der Waals surface area contributed by atoms with E-state index in [0.29, 0.717) is 12.4 Å². The Balaban J connectivity index is 2.17. The molecule has 0 radical (unpaired) electrons. The van der Waals surface area contributed by atoms with Crippen molar-refractivity contribution in [2.45, 2.75) is 18.7 Å². The lowest BCUT2D eigenvalue weighted by Crippen LogP contribution is -2.14. The molecule has 2 aromatic heterocycles. The topological polar surface area (TPSA) is 55.1 Å². The van der Waals surface area contributed by atoms with Crippen LogP contribution in [-0.2, 0) is 0 Å². The van der Waals surface area contributed by atoms with Crippen LogP contribution in [-0.4, -0.2) is 31.5 Å². The summed E-state index contributed by atoms with van der Waals surface area (Å²) in [5, 5.41) is 11.0. The lowest BCUT2D eigenvalue weighted by Gasteiger charge is -2.08. The molecule has 0 bridgehead atoms. The smallest absolute Gasteiger partial charge is 0.203 e. The monoisotopic (exact) mass is 225 g/mol. The zero-order valence-electron chi connectivity index (χ0n) is 8.39.